The molecule has 1 unspecified atom stereocenters. The Bertz CT molecular complexity index is 596. The number of morpholine rings is 1. The lowest BCUT2D eigenvalue weighted by atomic mass is 10.0. The standard InChI is InChI=1S/C15H25N3O5S/c19-13(16-4-5-18-6-8-23-9-7-18)15(2-3-15)14(20)17-12-1-10-24(21,22)11-12/h12H,1-11H2,(H,16,19)(H,17,20). The second kappa shape index (κ2) is 6.97. The molecule has 0 aromatic rings. The van der Waals surface area contributed by atoms with Crippen LogP contribution in [0.3, 0.4) is 0 Å². The van der Waals surface area contributed by atoms with Crippen LogP contribution >= 0.6 is 0 Å². The third-order valence-electron chi connectivity index (χ3n) is 5.00. The minimum atomic E-state index is -3.04. The van der Waals surface area contributed by atoms with Crippen LogP contribution in [-0.4, -0.2) is 82.1 Å². The lowest BCUT2D eigenvalue weighted by molar-refractivity contribution is -0.137. The summed E-state index contributed by atoms with van der Waals surface area (Å²) in [5.74, 6) is -0.480. The second-order valence-electron chi connectivity index (χ2n) is 6.87. The smallest absolute Gasteiger partial charge is 0.235 e. The van der Waals surface area contributed by atoms with Crippen molar-refractivity contribution in [3.63, 3.8) is 0 Å². The van der Waals surface area contributed by atoms with Crippen molar-refractivity contribution in [2.45, 2.75) is 25.3 Å². The van der Waals surface area contributed by atoms with Crippen molar-refractivity contribution in [1.82, 2.24) is 15.5 Å². The van der Waals surface area contributed by atoms with Gasteiger partial charge in [-0.05, 0) is 19.3 Å². The Morgan fingerprint density at radius 3 is 2.46 bits per heavy atom. The molecule has 2 N–H and O–H groups in total. The summed E-state index contributed by atoms with van der Waals surface area (Å²) >= 11 is 0. The van der Waals surface area contributed by atoms with Crippen LogP contribution in [0.15, 0.2) is 0 Å². The Morgan fingerprint density at radius 2 is 1.88 bits per heavy atom. The van der Waals surface area contributed by atoms with Crippen molar-refractivity contribution in [1.29, 1.82) is 0 Å². The molecule has 8 nitrogen and oxygen atoms in total. The van der Waals surface area contributed by atoms with Crippen molar-refractivity contribution in [3.8, 4) is 0 Å². The Kier molecular flexibility index (Phi) is 5.12. The third-order valence-corrected chi connectivity index (χ3v) is 6.77. The van der Waals surface area contributed by atoms with Crippen molar-refractivity contribution in [2.24, 2.45) is 5.41 Å². The van der Waals surface area contributed by atoms with E-state index in [0.29, 0.717) is 39.0 Å². The zero-order valence-electron chi connectivity index (χ0n) is 13.8. The number of hydrogen-bond donors (Lipinski definition) is 2. The van der Waals surface area contributed by atoms with Crippen LogP contribution in [0.5, 0.6) is 0 Å². The van der Waals surface area contributed by atoms with Crippen LogP contribution in [0, 0.1) is 5.41 Å². The molecule has 0 aromatic heterocycles. The summed E-state index contributed by atoms with van der Waals surface area (Å²) < 4.78 is 28.2. The van der Waals surface area contributed by atoms with Gasteiger partial charge >= 0.3 is 0 Å². The molecule has 1 aliphatic carbocycles. The van der Waals surface area contributed by atoms with E-state index in [0.717, 1.165) is 19.6 Å². The Balaban J connectivity index is 1.44. The molecule has 9 heteroatoms. The van der Waals surface area contributed by atoms with E-state index >= 15 is 0 Å². The monoisotopic (exact) mass is 359 g/mol. The molecule has 3 rings (SSSR count). The third kappa shape index (κ3) is 4.07. The molecule has 3 aliphatic rings. The van der Waals surface area contributed by atoms with Gasteiger partial charge in [0.1, 0.15) is 5.41 Å². The van der Waals surface area contributed by atoms with E-state index in [1.54, 1.807) is 0 Å². The maximum absolute atomic E-state index is 12.4. The van der Waals surface area contributed by atoms with E-state index < -0.39 is 15.3 Å². The van der Waals surface area contributed by atoms with Gasteiger partial charge in [-0.25, -0.2) is 8.42 Å². The predicted octanol–water partition coefficient (Wildman–Crippen LogP) is -1.48. The van der Waals surface area contributed by atoms with Crippen molar-refractivity contribution >= 4 is 21.7 Å². The first kappa shape index (κ1) is 17.6. The highest BCUT2D eigenvalue weighted by molar-refractivity contribution is 7.91. The lowest BCUT2D eigenvalue weighted by Gasteiger charge is -2.26. The number of nitrogens with one attached hydrogen (secondary N) is 2. The van der Waals surface area contributed by atoms with Crippen LogP contribution in [-0.2, 0) is 24.2 Å². The van der Waals surface area contributed by atoms with Gasteiger partial charge in [0, 0.05) is 32.2 Å². The molecule has 136 valence electrons. The first-order valence-corrected chi connectivity index (χ1v) is 10.3. The highest BCUT2D eigenvalue weighted by Gasteiger charge is 2.56. The first-order valence-electron chi connectivity index (χ1n) is 8.51. The minimum absolute atomic E-state index is 0.0204. The van der Waals surface area contributed by atoms with Gasteiger partial charge < -0.3 is 15.4 Å². The van der Waals surface area contributed by atoms with Gasteiger partial charge in [-0.15, -0.1) is 0 Å². The molecule has 2 amide bonds. The number of nitrogens with zero attached hydrogens (tertiary/aromatic N) is 1. The summed E-state index contributed by atoms with van der Waals surface area (Å²) in [6, 6.07) is -0.360. The van der Waals surface area contributed by atoms with Crippen LogP contribution < -0.4 is 10.6 Å². The number of amides is 2. The quantitative estimate of drug-likeness (QED) is 0.561. The number of sulfone groups is 1. The fraction of sp³-hybridized carbons (Fsp3) is 0.867. The van der Waals surface area contributed by atoms with Gasteiger partial charge in [0.25, 0.3) is 0 Å². The van der Waals surface area contributed by atoms with E-state index in [1.807, 2.05) is 0 Å². The minimum Gasteiger partial charge on any atom is -0.379 e. The number of carbonyl (C=O) groups excluding carboxylic acids is 2. The maximum Gasteiger partial charge on any atom is 0.235 e. The summed E-state index contributed by atoms with van der Waals surface area (Å²) in [5, 5.41) is 5.61. The van der Waals surface area contributed by atoms with Crippen LogP contribution in [0.1, 0.15) is 19.3 Å². The van der Waals surface area contributed by atoms with Gasteiger partial charge in [0.05, 0.1) is 24.7 Å². The van der Waals surface area contributed by atoms with Crippen LogP contribution in [0.2, 0.25) is 0 Å². The van der Waals surface area contributed by atoms with Gasteiger partial charge in [-0.1, -0.05) is 0 Å². The molecule has 3 fully saturated rings. The van der Waals surface area contributed by atoms with Crippen molar-refractivity contribution in [2.75, 3.05) is 50.9 Å². The summed E-state index contributed by atoms with van der Waals surface area (Å²) in [6.45, 7) is 4.39. The molecule has 2 aliphatic heterocycles. The molecule has 1 atom stereocenters. The molecule has 2 heterocycles. The highest BCUT2D eigenvalue weighted by atomic mass is 32.2. The van der Waals surface area contributed by atoms with Crippen molar-refractivity contribution in [3.05, 3.63) is 0 Å². The summed E-state index contributed by atoms with van der Waals surface area (Å²) in [6.07, 6.45) is 1.49. The first-order chi connectivity index (χ1) is 11.4. The average Bonchev–Trinajstić information content (AvgIpc) is 3.29. The molecule has 1 saturated carbocycles. The van der Waals surface area contributed by atoms with E-state index in [-0.39, 0.29) is 29.4 Å². The highest BCUT2D eigenvalue weighted by Crippen LogP contribution is 2.46. The SMILES string of the molecule is O=C(NCCN1CCOCC1)C1(C(=O)NC2CCS(=O)(=O)C2)CC1. The molecular formula is C15H25N3O5S. The molecule has 0 bridgehead atoms. The van der Waals surface area contributed by atoms with Gasteiger partial charge in [-0.2, -0.15) is 0 Å². The van der Waals surface area contributed by atoms with Gasteiger partial charge in [0.2, 0.25) is 11.8 Å². The molecule has 0 radical (unpaired) electrons. The number of hydrogen-bond acceptors (Lipinski definition) is 6. The van der Waals surface area contributed by atoms with Gasteiger partial charge in [0.15, 0.2) is 9.84 Å². The maximum atomic E-state index is 12.4. The average molecular weight is 359 g/mol. The number of rotatable bonds is 6. The van der Waals surface area contributed by atoms with E-state index in [4.69, 9.17) is 4.74 Å². The molecular weight excluding hydrogens is 334 g/mol. The molecule has 0 spiro atoms. The molecule has 0 aromatic carbocycles. The van der Waals surface area contributed by atoms with Crippen molar-refractivity contribution < 1.29 is 22.7 Å². The topological polar surface area (TPSA) is 105 Å². The summed E-state index contributed by atoms with van der Waals surface area (Å²) in [7, 11) is -3.04. The molecule has 24 heavy (non-hydrogen) atoms. The Morgan fingerprint density at radius 1 is 1.17 bits per heavy atom. The predicted molar refractivity (Wildman–Crippen MR) is 87.1 cm³/mol. The van der Waals surface area contributed by atoms with E-state index in [2.05, 4.69) is 15.5 Å². The van der Waals surface area contributed by atoms with Gasteiger partial charge in [-0.3, -0.25) is 14.5 Å². The lowest BCUT2D eigenvalue weighted by Crippen LogP contribution is -2.48. The number of ether oxygens (including phenoxy) is 1. The van der Waals surface area contributed by atoms with Crippen LogP contribution in [0.25, 0.3) is 0 Å². The summed E-state index contributed by atoms with van der Waals surface area (Å²) in [5.41, 5.74) is -0.989. The number of carbonyl (C=O) groups is 2. The van der Waals surface area contributed by atoms with E-state index in [1.165, 1.54) is 0 Å². The van der Waals surface area contributed by atoms with Crippen LogP contribution in [0.4, 0.5) is 0 Å². The Hall–Kier alpha value is -1.19. The largest absolute Gasteiger partial charge is 0.379 e. The fourth-order valence-electron chi connectivity index (χ4n) is 3.24. The van der Waals surface area contributed by atoms with E-state index in [9.17, 15) is 18.0 Å². The summed E-state index contributed by atoms with van der Waals surface area (Å²) in [4.78, 5) is 27.0. The fourth-order valence-corrected chi connectivity index (χ4v) is 4.91. The second-order valence-corrected chi connectivity index (χ2v) is 9.09. The zero-order chi connectivity index (χ0) is 17.2. The molecule has 2 saturated heterocycles. The zero-order valence-corrected chi connectivity index (χ0v) is 14.6. The Labute approximate surface area is 142 Å². The normalized spacial score (nSPS) is 28.2.